The summed E-state index contributed by atoms with van der Waals surface area (Å²) in [6, 6.07) is -2.31. The lowest BCUT2D eigenvalue weighted by Gasteiger charge is -2.05. The van der Waals surface area contributed by atoms with Gasteiger partial charge in [0.2, 0.25) is 0 Å². The van der Waals surface area contributed by atoms with Crippen molar-refractivity contribution in [2.45, 2.75) is 24.9 Å². The number of nitrogens with two attached hydrogens (primary N) is 2. The van der Waals surface area contributed by atoms with E-state index in [0.29, 0.717) is 0 Å². The van der Waals surface area contributed by atoms with Gasteiger partial charge in [0.05, 0.1) is 7.41 Å². The summed E-state index contributed by atoms with van der Waals surface area (Å²) in [6.07, 6.45) is 1.05. The molecular weight excluding hydrogens is 272 g/mol. The predicted molar refractivity (Wildman–Crippen MR) is 71.9 cm³/mol. The van der Waals surface area contributed by atoms with E-state index in [1.54, 1.807) is 0 Å². The first-order valence-corrected chi connectivity index (χ1v) is 6.65. The molecule has 0 spiro atoms. The number of thioether (sulfide) groups is 1. The number of carboxylic acid groups (broad SMARTS) is 2. The molecule has 19 heavy (non-hydrogen) atoms. The van der Waals surface area contributed by atoms with Crippen molar-refractivity contribution >= 4 is 29.5 Å². The van der Waals surface area contributed by atoms with Crippen molar-refractivity contribution in [3.63, 3.8) is 0 Å². The molecule has 0 bridgehead atoms. The summed E-state index contributed by atoms with van der Waals surface area (Å²) in [4.78, 5) is 32.4. The molecule has 2 atom stereocenters. The SMILES string of the molecule is [2H]C(=CCSC[C@H](N)C(=O)O)C(=O)C(N)CCC(=O)O. The molecule has 0 saturated carbocycles. The minimum absolute atomic E-state index is 0.0264. The molecule has 0 aliphatic rings. The summed E-state index contributed by atoms with van der Waals surface area (Å²) >= 11 is 1.18. The number of ketones is 1. The van der Waals surface area contributed by atoms with Gasteiger partial charge >= 0.3 is 11.9 Å². The minimum Gasteiger partial charge on any atom is -0.481 e. The summed E-state index contributed by atoms with van der Waals surface area (Å²) in [5, 5.41) is 17.0. The lowest BCUT2D eigenvalue weighted by atomic mass is 10.1. The summed E-state index contributed by atoms with van der Waals surface area (Å²) < 4.78 is 7.49. The van der Waals surface area contributed by atoms with E-state index in [1.807, 2.05) is 0 Å². The molecule has 0 heterocycles. The number of carbonyl (C=O) groups excluding carboxylic acids is 1. The largest absolute Gasteiger partial charge is 0.481 e. The van der Waals surface area contributed by atoms with E-state index >= 15 is 0 Å². The maximum Gasteiger partial charge on any atom is 0.321 e. The number of aliphatic carboxylic acids is 2. The van der Waals surface area contributed by atoms with Crippen LogP contribution in [0, 0.1) is 0 Å². The maximum absolute atomic E-state index is 11.6. The van der Waals surface area contributed by atoms with Gasteiger partial charge in [-0.3, -0.25) is 14.4 Å². The van der Waals surface area contributed by atoms with Crippen molar-refractivity contribution in [2.75, 3.05) is 11.5 Å². The average Bonchev–Trinajstić information content (AvgIpc) is 2.39. The highest BCUT2D eigenvalue weighted by Crippen LogP contribution is 2.03. The van der Waals surface area contributed by atoms with Gasteiger partial charge in [0.1, 0.15) is 6.04 Å². The lowest BCUT2D eigenvalue weighted by molar-refractivity contribution is -0.138. The zero-order chi connectivity index (χ0) is 15.7. The van der Waals surface area contributed by atoms with Gasteiger partial charge in [-0.2, -0.15) is 11.8 Å². The number of carboxylic acids is 2. The van der Waals surface area contributed by atoms with Gasteiger partial charge in [-0.05, 0) is 12.5 Å². The number of rotatable bonds is 10. The van der Waals surface area contributed by atoms with E-state index in [9.17, 15) is 14.4 Å². The molecule has 108 valence electrons. The van der Waals surface area contributed by atoms with Crippen LogP contribution >= 0.6 is 11.8 Å². The van der Waals surface area contributed by atoms with Crippen LogP contribution in [0.4, 0.5) is 0 Å². The summed E-state index contributed by atoms with van der Waals surface area (Å²) in [6.45, 7) is 0. The van der Waals surface area contributed by atoms with Crippen LogP contribution in [0.15, 0.2) is 12.1 Å². The minimum atomic E-state index is -1.11. The molecule has 6 N–H and O–H groups in total. The summed E-state index contributed by atoms with van der Waals surface area (Å²) in [7, 11) is 0. The van der Waals surface area contributed by atoms with Gasteiger partial charge < -0.3 is 21.7 Å². The molecule has 0 aromatic rings. The van der Waals surface area contributed by atoms with Gasteiger partial charge in [-0.1, -0.05) is 6.08 Å². The first kappa shape index (κ1) is 15.7. The van der Waals surface area contributed by atoms with Crippen molar-refractivity contribution in [3.8, 4) is 0 Å². The standard InChI is InChI=1S/C11H18N2O5S/c12-7(3-4-10(15)16)9(14)2-1-5-19-6-8(13)11(17)18/h1-2,7-8H,3-6,12-13H2,(H,15,16)(H,17,18)/t7?,8-/m0/s1/i2D. The van der Waals surface area contributed by atoms with Crippen molar-refractivity contribution in [2.24, 2.45) is 11.5 Å². The first-order chi connectivity index (χ1) is 9.25. The molecule has 0 aliphatic heterocycles. The van der Waals surface area contributed by atoms with Crippen molar-refractivity contribution in [1.29, 1.82) is 0 Å². The Kier molecular flexibility index (Phi) is 7.87. The molecule has 0 fully saturated rings. The Morgan fingerprint density at radius 2 is 1.89 bits per heavy atom. The van der Waals surface area contributed by atoms with Crippen molar-refractivity contribution in [1.82, 2.24) is 0 Å². The second kappa shape index (κ2) is 9.54. The molecule has 7 nitrogen and oxygen atoms in total. The third kappa shape index (κ3) is 9.23. The summed E-state index contributed by atoms with van der Waals surface area (Å²) in [5.41, 5.74) is 10.8. The number of hydrogen-bond donors (Lipinski definition) is 4. The number of hydrogen-bond acceptors (Lipinski definition) is 6. The molecule has 0 radical (unpaired) electrons. The van der Waals surface area contributed by atoms with Crippen molar-refractivity contribution in [3.05, 3.63) is 12.1 Å². The summed E-state index contributed by atoms with van der Waals surface area (Å²) in [5.74, 6) is -2.37. The van der Waals surface area contributed by atoms with Gasteiger partial charge in [0.15, 0.2) is 5.78 Å². The number of carbonyl (C=O) groups is 3. The fraction of sp³-hybridized carbons (Fsp3) is 0.545. The normalized spacial score (nSPS) is 15.5. The van der Waals surface area contributed by atoms with Crippen LogP contribution in [0.5, 0.6) is 0 Å². The third-order valence-electron chi connectivity index (χ3n) is 2.07. The molecule has 0 amide bonds. The monoisotopic (exact) mass is 291 g/mol. The van der Waals surface area contributed by atoms with E-state index in [2.05, 4.69) is 0 Å². The fourth-order valence-corrected chi connectivity index (χ4v) is 1.72. The topological polar surface area (TPSA) is 144 Å². The highest BCUT2D eigenvalue weighted by atomic mass is 32.2. The molecule has 0 aliphatic carbocycles. The van der Waals surface area contributed by atoms with Crippen LogP contribution in [-0.2, 0) is 14.4 Å². The quantitative estimate of drug-likeness (QED) is 0.310. The first-order valence-electron chi connectivity index (χ1n) is 6.00. The third-order valence-corrected chi connectivity index (χ3v) is 3.06. The Hall–Kier alpha value is -1.38. The molecule has 1 unspecified atom stereocenters. The molecule has 0 rings (SSSR count). The van der Waals surface area contributed by atoms with Crippen molar-refractivity contribution < 1.29 is 26.0 Å². The smallest absolute Gasteiger partial charge is 0.321 e. The molecule has 0 saturated heterocycles. The van der Waals surface area contributed by atoms with Crippen LogP contribution in [0.25, 0.3) is 0 Å². The van der Waals surface area contributed by atoms with Crippen LogP contribution in [0.3, 0.4) is 0 Å². The zero-order valence-electron chi connectivity index (χ0n) is 11.2. The Balaban J connectivity index is 4.13. The Morgan fingerprint density at radius 3 is 2.42 bits per heavy atom. The second-order valence-corrected chi connectivity index (χ2v) is 4.81. The average molecular weight is 291 g/mol. The van der Waals surface area contributed by atoms with Crippen LogP contribution in [0.1, 0.15) is 14.2 Å². The van der Waals surface area contributed by atoms with E-state index in [0.717, 1.165) is 0 Å². The Labute approximate surface area is 116 Å². The van der Waals surface area contributed by atoms with Gasteiger partial charge in [0.25, 0.3) is 0 Å². The highest BCUT2D eigenvalue weighted by molar-refractivity contribution is 7.99. The molecule has 0 aromatic heterocycles. The van der Waals surface area contributed by atoms with E-state index in [4.69, 9.17) is 23.1 Å². The second-order valence-electron chi connectivity index (χ2n) is 3.73. The van der Waals surface area contributed by atoms with E-state index in [-0.39, 0.29) is 30.4 Å². The maximum atomic E-state index is 11.6. The molecule has 8 heteroatoms. The molecular formula is C11H18N2O5S. The predicted octanol–water partition coefficient (Wildman–Crippen LogP) is -0.551. The van der Waals surface area contributed by atoms with Gasteiger partial charge in [0, 0.05) is 17.9 Å². The van der Waals surface area contributed by atoms with Gasteiger partial charge in [-0.15, -0.1) is 0 Å². The van der Waals surface area contributed by atoms with Gasteiger partial charge in [-0.25, -0.2) is 0 Å². The van der Waals surface area contributed by atoms with E-state index in [1.165, 1.54) is 17.8 Å². The molecule has 0 aromatic carbocycles. The fourth-order valence-electron chi connectivity index (χ4n) is 0.985. The van der Waals surface area contributed by atoms with E-state index < -0.39 is 29.8 Å². The lowest BCUT2D eigenvalue weighted by Crippen LogP contribution is -2.32. The highest BCUT2D eigenvalue weighted by Gasteiger charge is 2.12. The Morgan fingerprint density at radius 1 is 1.26 bits per heavy atom. The van der Waals surface area contributed by atoms with Crippen LogP contribution in [0.2, 0.25) is 0 Å². The zero-order valence-corrected chi connectivity index (χ0v) is 11.1. The Bertz CT molecular complexity index is 402. The van der Waals surface area contributed by atoms with Crippen LogP contribution < -0.4 is 11.5 Å². The van der Waals surface area contributed by atoms with Crippen LogP contribution in [-0.4, -0.2) is 51.5 Å².